The molecule has 1 saturated heterocycles. The third-order valence-corrected chi connectivity index (χ3v) is 2.77. The zero-order valence-corrected chi connectivity index (χ0v) is 13.6. The van der Waals surface area contributed by atoms with Crippen LogP contribution in [-0.4, -0.2) is 46.6 Å². The van der Waals surface area contributed by atoms with Crippen LogP contribution in [0.1, 0.15) is 20.8 Å². The molecular formula is C14H19N3O4S. The van der Waals surface area contributed by atoms with Crippen LogP contribution in [-0.2, 0) is 14.3 Å². The lowest BCUT2D eigenvalue weighted by atomic mass is 10.1. The third-order valence-electron chi connectivity index (χ3n) is 2.45. The van der Waals surface area contributed by atoms with E-state index in [2.05, 4.69) is 17.2 Å². The van der Waals surface area contributed by atoms with Gasteiger partial charge in [-0.05, 0) is 39.1 Å². The minimum Gasteiger partial charge on any atom is -0.444 e. The summed E-state index contributed by atoms with van der Waals surface area (Å²) in [6, 6.07) is 0. The van der Waals surface area contributed by atoms with Crippen molar-refractivity contribution in [3.05, 3.63) is 24.3 Å². The van der Waals surface area contributed by atoms with Crippen molar-refractivity contribution in [2.75, 3.05) is 13.1 Å². The summed E-state index contributed by atoms with van der Waals surface area (Å²) in [7, 11) is 0. The molecule has 0 aromatic rings. The summed E-state index contributed by atoms with van der Waals surface area (Å²) in [5.74, 6) is -1.12. The molecule has 0 saturated carbocycles. The van der Waals surface area contributed by atoms with Crippen LogP contribution in [0.5, 0.6) is 0 Å². The van der Waals surface area contributed by atoms with Crippen LogP contribution in [0.4, 0.5) is 4.79 Å². The average Bonchev–Trinajstić information content (AvgIpc) is 2.36. The predicted octanol–water partition coefficient (Wildman–Crippen LogP) is 0.867. The van der Waals surface area contributed by atoms with E-state index < -0.39 is 23.5 Å². The summed E-state index contributed by atoms with van der Waals surface area (Å²) in [5.41, 5.74) is -0.714. The molecule has 1 aliphatic rings. The van der Waals surface area contributed by atoms with Gasteiger partial charge in [-0.15, -0.1) is 6.58 Å². The van der Waals surface area contributed by atoms with Crippen LogP contribution in [0.15, 0.2) is 24.3 Å². The van der Waals surface area contributed by atoms with Crippen LogP contribution < -0.4 is 10.6 Å². The van der Waals surface area contributed by atoms with Gasteiger partial charge in [0, 0.05) is 13.1 Å². The number of ether oxygens (including phenoxy) is 1. The van der Waals surface area contributed by atoms with Gasteiger partial charge in [0.2, 0.25) is 0 Å². The molecule has 3 amide bonds. The van der Waals surface area contributed by atoms with Crippen LogP contribution in [0.2, 0.25) is 0 Å². The fourth-order valence-corrected chi connectivity index (χ4v) is 1.84. The minimum absolute atomic E-state index is 0.0158. The standard InChI is InChI=1S/C14H19N3O4S/c1-5-8-17-11(19)9(10(18)16-12(17)22)6-7-15-13(20)21-14(2,3)4/h5-6H,1,7-8H2,2-4H3,(H,15,20)(H,16,18,22)/b9-6+. The number of rotatable bonds is 4. The lowest BCUT2D eigenvalue weighted by Crippen LogP contribution is -2.54. The molecule has 1 fully saturated rings. The summed E-state index contributed by atoms with van der Waals surface area (Å²) in [4.78, 5) is 36.6. The molecular weight excluding hydrogens is 306 g/mol. The highest BCUT2D eigenvalue weighted by Crippen LogP contribution is 2.10. The van der Waals surface area contributed by atoms with E-state index in [1.165, 1.54) is 17.1 Å². The van der Waals surface area contributed by atoms with Gasteiger partial charge >= 0.3 is 6.09 Å². The maximum absolute atomic E-state index is 12.2. The van der Waals surface area contributed by atoms with Crippen LogP contribution in [0.3, 0.4) is 0 Å². The zero-order chi connectivity index (χ0) is 16.9. The normalized spacial score (nSPS) is 17.3. The van der Waals surface area contributed by atoms with Crippen molar-refractivity contribution in [3.63, 3.8) is 0 Å². The van der Waals surface area contributed by atoms with E-state index in [1.807, 2.05) is 0 Å². The lowest BCUT2D eigenvalue weighted by Gasteiger charge is -2.27. The molecule has 0 bridgehead atoms. The van der Waals surface area contributed by atoms with Gasteiger partial charge in [0.15, 0.2) is 5.11 Å². The highest BCUT2D eigenvalue weighted by Gasteiger charge is 2.32. The van der Waals surface area contributed by atoms with Gasteiger partial charge in [0.05, 0.1) is 0 Å². The first-order valence-corrected chi connectivity index (χ1v) is 7.01. The number of hydrogen-bond donors (Lipinski definition) is 2. The fraction of sp³-hybridized carbons (Fsp3) is 0.429. The third kappa shape index (κ3) is 4.96. The lowest BCUT2D eigenvalue weighted by molar-refractivity contribution is -0.128. The van der Waals surface area contributed by atoms with Crippen molar-refractivity contribution in [2.24, 2.45) is 0 Å². The predicted molar refractivity (Wildman–Crippen MR) is 85.0 cm³/mol. The van der Waals surface area contributed by atoms with Gasteiger partial charge in [-0.1, -0.05) is 6.08 Å². The monoisotopic (exact) mass is 325 g/mol. The number of nitrogens with one attached hydrogen (secondary N) is 2. The molecule has 1 heterocycles. The van der Waals surface area contributed by atoms with Crippen molar-refractivity contribution in [2.45, 2.75) is 26.4 Å². The quantitative estimate of drug-likeness (QED) is 0.346. The SMILES string of the molecule is C=CCN1C(=O)/C(=C/CNC(=O)OC(C)(C)C)C(=O)NC1=S. The summed E-state index contributed by atoms with van der Waals surface area (Å²) in [5, 5.41) is 4.89. The van der Waals surface area contributed by atoms with E-state index in [0.29, 0.717) is 0 Å². The number of carbonyl (C=O) groups excluding carboxylic acids is 3. The van der Waals surface area contributed by atoms with Crippen molar-refractivity contribution in [3.8, 4) is 0 Å². The van der Waals surface area contributed by atoms with Crippen molar-refractivity contribution in [1.29, 1.82) is 0 Å². The number of hydrogen-bond acceptors (Lipinski definition) is 5. The van der Waals surface area contributed by atoms with Gasteiger partial charge in [-0.2, -0.15) is 0 Å². The number of carbonyl (C=O) groups is 3. The molecule has 0 atom stereocenters. The summed E-state index contributed by atoms with van der Waals surface area (Å²) in [6.45, 7) is 8.90. The van der Waals surface area contributed by atoms with Gasteiger partial charge in [0.1, 0.15) is 11.2 Å². The Hall–Kier alpha value is -2.22. The number of thiocarbonyl (C=S) groups is 1. The van der Waals surface area contributed by atoms with E-state index in [4.69, 9.17) is 17.0 Å². The Morgan fingerprint density at radius 2 is 2.09 bits per heavy atom. The van der Waals surface area contributed by atoms with Crippen LogP contribution in [0.25, 0.3) is 0 Å². The molecule has 1 aliphatic heterocycles. The summed E-state index contributed by atoms with van der Waals surface area (Å²) >= 11 is 4.92. The van der Waals surface area contributed by atoms with Gasteiger partial charge in [0.25, 0.3) is 11.8 Å². The molecule has 0 aliphatic carbocycles. The van der Waals surface area contributed by atoms with Crippen molar-refractivity contribution >= 4 is 35.2 Å². The molecule has 0 spiro atoms. The molecule has 7 nitrogen and oxygen atoms in total. The molecule has 8 heteroatoms. The number of alkyl carbamates (subject to hydrolysis) is 1. The Morgan fingerprint density at radius 3 is 2.64 bits per heavy atom. The van der Waals surface area contributed by atoms with E-state index in [9.17, 15) is 14.4 Å². The zero-order valence-electron chi connectivity index (χ0n) is 12.8. The highest BCUT2D eigenvalue weighted by molar-refractivity contribution is 7.80. The van der Waals surface area contributed by atoms with E-state index in [0.717, 1.165) is 0 Å². The Labute approximate surface area is 134 Å². The molecule has 22 heavy (non-hydrogen) atoms. The topological polar surface area (TPSA) is 87.7 Å². The van der Waals surface area contributed by atoms with E-state index in [1.54, 1.807) is 20.8 Å². The van der Waals surface area contributed by atoms with Crippen LogP contribution in [0, 0.1) is 0 Å². The molecule has 0 aromatic carbocycles. The first kappa shape index (κ1) is 17.8. The van der Waals surface area contributed by atoms with E-state index in [-0.39, 0.29) is 23.8 Å². The Morgan fingerprint density at radius 1 is 1.45 bits per heavy atom. The molecule has 0 unspecified atom stereocenters. The molecule has 2 N–H and O–H groups in total. The fourth-order valence-electron chi connectivity index (χ4n) is 1.59. The second kappa shape index (κ2) is 7.17. The van der Waals surface area contributed by atoms with Crippen molar-refractivity contribution in [1.82, 2.24) is 15.5 Å². The van der Waals surface area contributed by atoms with Gasteiger partial charge < -0.3 is 10.1 Å². The molecule has 120 valence electrons. The first-order valence-electron chi connectivity index (χ1n) is 6.61. The maximum atomic E-state index is 12.2. The summed E-state index contributed by atoms with van der Waals surface area (Å²) in [6.07, 6.45) is 2.18. The summed E-state index contributed by atoms with van der Waals surface area (Å²) < 4.78 is 5.05. The second-order valence-electron chi connectivity index (χ2n) is 5.46. The van der Waals surface area contributed by atoms with Crippen LogP contribution >= 0.6 is 12.2 Å². The number of amides is 3. The highest BCUT2D eigenvalue weighted by atomic mass is 32.1. The molecule has 0 radical (unpaired) electrons. The number of nitrogens with zero attached hydrogens (tertiary/aromatic N) is 1. The molecule has 0 aromatic heterocycles. The van der Waals surface area contributed by atoms with Crippen molar-refractivity contribution < 1.29 is 19.1 Å². The smallest absolute Gasteiger partial charge is 0.407 e. The van der Waals surface area contributed by atoms with E-state index >= 15 is 0 Å². The van der Waals surface area contributed by atoms with Gasteiger partial charge in [-0.3, -0.25) is 19.8 Å². The Kier molecular flexibility index (Phi) is 5.81. The molecule has 1 rings (SSSR count). The maximum Gasteiger partial charge on any atom is 0.407 e. The Bertz CT molecular complexity index is 549. The minimum atomic E-state index is -0.633. The second-order valence-corrected chi connectivity index (χ2v) is 5.85. The van der Waals surface area contributed by atoms with Gasteiger partial charge in [-0.25, -0.2) is 4.79 Å². The first-order chi connectivity index (χ1) is 10.2. The largest absolute Gasteiger partial charge is 0.444 e. The Balaban J connectivity index is 2.71. The average molecular weight is 325 g/mol.